The first kappa shape index (κ1) is 23.4. The van der Waals surface area contributed by atoms with Gasteiger partial charge in [0.15, 0.2) is 0 Å². The third-order valence-corrected chi connectivity index (χ3v) is 6.57. The molecule has 9 heteroatoms. The molecule has 188 valence electrons. The third-order valence-electron chi connectivity index (χ3n) is 6.57. The monoisotopic (exact) mass is 505 g/mol. The van der Waals surface area contributed by atoms with E-state index >= 15 is 0 Å². The molecule has 3 heterocycles. The minimum absolute atomic E-state index is 0.130. The number of methoxy groups -OCH3 is 1. The molecular weight excluding hydrogens is 482 g/mol. The highest BCUT2D eigenvalue weighted by atomic mass is 16.5. The number of esters is 1. The molecule has 0 saturated heterocycles. The summed E-state index contributed by atoms with van der Waals surface area (Å²) in [5.74, 6) is -0.271. The fraction of sp³-hybridized carbons (Fsp3) is 0.138. The number of amides is 1. The molecule has 0 atom stereocenters. The molecule has 0 spiro atoms. The van der Waals surface area contributed by atoms with Crippen molar-refractivity contribution in [2.75, 3.05) is 12.4 Å². The van der Waals surface area contributed by atoms with Crippen LogP contribution in [0.3, 0.4) is 0 Å². The van der Waals surface area contributed by atoms with Crippen molar-refractivity contribution < 1.29 is 14.3 Å². The summed E-state index contributed by atoms with van der Waals surface area (Å²) in [4.78, 5) is 42.4. The highest BCUT2D eigenvalue weighted by molar-refractivity contribution is 6.04. The lowest BCUT2D eigenvalue weighted by molar-refractivity contribution is -0.139. The minimum atomic E-state index is -0.338. The molecule has 0 fully saturated rings. The molecular formula is C29H23N5O4. The number of fused-ring (bicyclic) bond motifs is 10. The number of nitrogens with one attached hydrogen (secondary N) is 1. The SMILES string of the molecule is COC(=O)Cc1ccc2c(c1)nc1n2Cc2cccc(c2)-c2ccc(=O)n(n2)Cc2cccc(c2)C(=O)N1. The van der Waals surface area contributed by atoms with Gasteiger partial charge < -0.3 is 9.30 Å². The van der Waals surface area contributed by atoms with Crippen LogP contribution in [0.4, 0.5) is 5.95 Å². The topological polar surface area (TPSA) is 108 Å². The Labute approximate surface area is 217 Å². The molecule has 0 unspecified atom stereocenters. The summed E-state index contributed by atoms with van der Waals surface area (Å²) < 4.78 is 8.14. The van der Waals surface area contributed by atoms with Gasteiger partial charge >= 0.3 is 5.97 Å². The molecule has 1 amide bonds. The van der Waals surface area contributed by atoms with E-state index in [2.05, 4.69) is 10.4 Å². The summed E-state index contributed by atoms with van der Waals surface area (Å²) in [6.45, 7) is 0.658. The van der Waals surface area contributed by atoms with Gasteiger partial charge in [-0.25, -0.2) is 9.67 Å². The molecule has 0 radical (unpaired) electrons. The number of carbonyl (C=O) groups excluding carboxylic acids is 2. The van der Waals surface area contributed by atoms with Crippen LogP contribution in [0.5, 0.6) is 0 Å². The van der Waals surface area contributed by atoms with Crippen LogP contribution in [0, 0.1) is 0 Å². The maximum absolute atomic E-state index is 13.3. The summed E-state index contributed by atoms with van der Waals surface area (Å²) in [7, 11) is 1.36. The molecule has 1 aliphatic heterocycles. The van der Waals surface area contributed by atoms with Crippen LogP contribution in [-0.2, 0) is 29.0 Å². The second kappa shape index (κ2) is 9.44. The summed E-state index contributed by atoms with van der Waals surface area (Å²) >= 11 is 0. The lowest BCUT2D eigenvalue weighted by atomic mass is 10.1. The van der Waals surface area contributed by atoms with Gasteiger partial charge in [0.25, 0.3) is 11.5 Å². The predicted molar refractivity (Wildman–Crippen MR) is 142 cm³/mol. The number of hydrogen-bond donors (Lipinski definition) is 1. The Morgan fingerprint density at radius 2 is 1.68 bits per heavy atom. The Balaban J connectivity index is 1.52. The van der Waals surface area contributed by atoms with E-state index in [0.717, 1.165) is 27.8 Å². The Hall–Kier alpha value is -5.05. The predicted octanol–water partition coefficient (Wildman–Crippen LogP) is 3.64. The molecule has 38 heavy (non-hydrogen) atoms. The van der Waals surface area contributed by atoms with Crippen molar-refractivity contribution in [3.63, 3.8) is 0 Å². The van der Waals surface area contributed by atoms with Gasteiger partial charge in [0.2, 0.25) is 5.95 Å². The van der Waals surface area contributed by atoms with Gasteiger partial charge in [-0.05, 0) is 53.1 Å². The zero-order valence-electron chi connectivity index (χ0n) is 20.5. The second-order valence-corrected chi connectivity index (χ2v) is 9.17. The standard InChI is InChI=1S/C29H23N5O4/c1-38-27(36)15-18-8-10-25-24(14-18)30-29-31-28(37)22-7-3-5-20(13-22)17-34-26(35)11-9-23(32-34)21-6-2-4-19(12-21)16-33(25)29/h2-14H,15-17H2,1H3,(H,30,31,37). The molecule has 0 saturated carbocycles. The first-order valence-electron chi connectivity index (χ1n) is 12.1. The molecule has 2 aromatic heterocycles. The summed E-state index contributed by atoms with van der Waals surface area (Å²) in [6.07, 6.45) is 0.130. The van der Waals surface area contributed by atoms with E-state index < -0.39 is 0 Å². The first-order chi connectivity index (χ1) is 18.5. The zero-order valence-corrected chi connectivity index (χ0v) is 20.5. The number of benzene rings is 3. The maximum Gasteiger partial charge on any atom is 0.309 e. The average molecular weight is 506 g/mol. The molecule has 9 nitrogen and oxygen atoms in total. The summed E-state index contributed by atoms with van der Waals surface area (Å²) in [6, 6.07) is 23.8. The van der Waals surface area contributed by atoms with Crippen LogP contribution in [0.2, 0.25) is 0 Å². The van der Waals surface area contributed by atoms with Crippen molar-refractivity contribution in [1.82, 2.24) is 19.3 Å². The van der Waals surface area contributed by atoms with Gasteiger partial charge in [-0.1, -0.05) is 36.4 Å². The van der Waals surface area contributed by atoms with E-state index in [1.165, 1.54) is 17.9 Å². The van der Waals surface area contributed by atoms with E-state index in [0.29, 0.717) is 29.3 Å². The number of rotatable bonds is 2. The van der Waals surface area contributed by atoms with Gasteiger partial charge in [0.1, 0.15) is 0 Å². The summed E-state index contributed by atoms with van der Waals surface area (Å²) in [5.41, 5.74) is 5.73. The Bertz CT molecular complexity index is 1790. The van der Waals surface area contributed by atoms with Crippen LogP contribution in [0.15, 0.2) is 83.7 Å². The molecule has 0 aliphatic carbocycles. The van der Waals surface area contributed by atoms with Crippen LogP contribution in [-0.4, -0.2) is 38.3 Å². The Kier molecular flexibility index (Phi) is 5.80. The fourth-order valence-electron chi connectivity index (χ4n) is 4.66. The molecule has 1 N–H and O–H groups in total. The number of ether oxygens (including phenoxy) is 1. The summed E-state index contributed by atoms with van der Waals surface area (Å²) in [5, 5.41) is 7.56. The molecule has 6 rings (SSSR count). The number of carbonyl (C=O) groups is 2. The second-order valence-electron chi connectivity index (χ2n) is 9.17. The molecule has 6 bridgehead atoms. The van der Waals surface area contributed by atoms with E-state index in [4.69, 9.17) is 9.72 Å². The Morgan fingerprint density at radius 1 is 0.921 bits per heavy atom. The number of imidazole rings is 1. The molecule has 1 aliphatic rings. The molecule has 5 aromatic rings. The van der Waals surface area contributed by atoms with Crippen LogP contribution < -0.4 is 10.9 Å². The fourth-order valence-corrected chi connectivity index (χ4v) is 4.66. The smallest absolute Gasteiger partial charge is 0.309 e. The van der Waals surface area contributed by atoms with Crippen molar-refractivity contribution in [2.45, 2.75) is 19.5 Å². The van der Waals surface area contributed by atoms with Gasteiger partial charge in [-0.2, -0.15) is 5.10 Å². The highest BCUT2D eigenvalue weighted by Gasteiger charge is 2.18. The van der Waals surface area contributed by atoms with Gasteiger partial charge in [0.05, 0.1) is 43.3 Å². The molecule has 3 aromatic carbocycles. The average Bonchev–Trinajstić information content (AvgIpc) is 3.25. The zero-order chi connectivity index (χ0) is 26.2. The number of hydrogen-bond acceptors (Lipinski definition) is 6. The number of nitrogens with zero attached hydrogens (tertiary/aromatic N) is 4. The minimum Gasteiger partial charge on any atom is -0.469 e. The first-order valence-corrected chi connectivity index (χ1v) is 12.1. The maximum atomic E-state index is 13.3. The Morgan fingerprint density at radius 3 is 2.50 bits per heavy atom. The van der Waals surface area contributed by atoms with Crippen molar-refractivity contribution >= 4 is 28.9 Å². The van der Waals surface area contributed by atoms with Gasteiger partial charge in [0, 0.05) is 17.2 Å². The van der Waals surface area contributed by atoms with Crippen molar-refractivity contribution in [1.29, 1.82) is 0 Å². The highest BCUT2D eigenvalue weighted by Crippen LogP contribution is 2.25. The number of anilines is 1. The van der Waals surface area contributed by atoms with Gasteiger partial charge in [-0.3, -0.25) is 19.7 Å². The van der Waals surface area contributed by atoms with Crippen LogP contribution in [0.1, 0.15) is 27.0 Å². The number of aromatic nitrogens is 4. The van der Waals surface area contributed by atoms with E-state index in [1.807, 2.05) is 53.1 Å². The lowest BCUT2D eigenvalue weighted by Crippen LogP contribution is -2.23. The normalized spacial score (nSPS) is 12.7. The van der Waals surface area contributed by atoms with Gasteiger partial charge in [-0.15, -0.1) is 0 Å². The largest absolute Gasteiger partial charge is 0.469 e. The van der Waals surface area contributed by atoms with Crippen molar-refractivity contribution in [2.24, 2.45) is 0 Å². The van der Waals surface area contributed by atoms with Crippen molar-refractivity contribution in [3.8, 4) is 11.3 Å². The van der Waals surface area contributed by atoms with Crippen molar-refractivity contribution in [3.05, 3.63) is 111 Å². The van der Waals surface area contributed by atoms with E-state index in [1.54, 1.807) is 24.3 Å². The van der Waals surface area contributed by atoms with E-state index in [-0.39, 0.29) is 30.4 Å². The quantitative estimate of drug-likeness (QED) is 0.367. The lowest BCUT2D eigenvalue weighted by Gasteiger charge is -2.12. The van der Waals surface area contributed by atoms with E-state index in [9.17, 15) is 14.4 Å². The van der Waals surface area contributed by atoms with Crippen LogP contribution >= 0.6 is 0 Å². The van der Waals surface area contributed by atoms with Crippen LogP contribution in [0.25, 0.3) is 22.3 Å². The third kappa shape index (κ3) is 4.45.